The number of halogens is 1. The molecule has 1 N–H and O–H groups in total. The summed E-state index contributed by atoms with van der Waals surface area (Å²) in [6, 6.07) is 5.80. The van der Waals surface area contributed by atoms with E-state index in [1.165, 1.54) is 0 Å². The number of hydrogen-bond donors (Lipinski definition) is 1. The Morgan fingerprint density at radius 2 is 2.05 bits per heavy atom. The summed E-state index contributed by atoms with van der Waals surface area (Å²) >= 11 is 3.42. The first-order chi connectivity index (χ1) is 8.81. The van der Waals surface area contributed by atoms with E-state index in [1.807, 2.05) is 39.0 Å². The SMILES string of the molecule is COc1ccc(Br)cc1CCNC(=O)OC(C)(C)C. The highest BCUT2D eigenvalue weighted by Crippen LogP contribution is 2.23. The molecule has 1 aromatic rings. The van der Waals surface area contributed by atoms with Crippen LogP contribution in [0.5, 0.6) is 5.75 Å². The van der Waals surface area contributed by atoms with Gasteiger partial charge in [-0.15, -0.1) is 0 Å². The molecule has 4 nitrogen and oxygen atoms in total. The first kappa shape index (κ1) is 15.8. The number of benzene rings is 1. The minimum Gasteiger partial charge on any atom is -0.496 e. The standard InChI is InChI=1S/C14H20BrNO3/c1-14(2,3)19-13(17)16-8-7-10-9-11(15)5-6-12(10)18-4/h5-6,9H,7-8H2,1-4H3,(H,16,17). The second-order valence-electron chi connectivity index (χ2n) is 5.13. The predicted octanol–water partition coefficient (Wildman–Crippen LogP) is 3.52. The Morgan fingerprint density at radius 1 is 1.37 bits per heavy atom. The Morgan fingerprint density at radius 3 is 2.63 bits per heavy atom. The van der Waals surface area contributed by atoms with Crippen molar-refractivity contribution in [3.8, 4) is 5.75 Å². The molecule has 0 fully saturated rings. The molecule has 0 aliphatic rings. The van der Waals surface area contributed by atoms with E-state index in [4.69, 9.17) is 9.47 Å². The van der Waals surface area contributed by atoms with E-state index < -0.39 is 11.7 Å². The molecule has 0 bridgehead atoms. The number of alkyl carbamates (subject to hydrolysis) is 1. The third-order valence-electron chi connectivity index (χ3n) is 2.31. The van der Waals surface area contributed by atoms with Gasteiger partial charge in [-0.05, 0) is 51.0 Å². The number of hydrogen-bond acceptors (Lipinski definition) is 3. The monoisotopic (exact) mass is 329 g/mol. The van der Waals surface area contributed by atoms with Crippen LogP contribution in [0, 0.1) is 0 Å². The minimum atomic E-state index is -0.475. The van der Waals surface area contributed by atoms with Crippen molar-refractivity contribution in [3.63, 3.8) is 0 Å². The number of rotatable bonds is 4. The third kappa shape index (κ3) is 5.96. The van der Waals surface area contributed by atoms with Crippen molar-refractivity contribution >= 4 is 22.0 Å². The van der Waals surface area contributed by atoms with Crippen molar-refractivity contribution in [1.82, 2.24) is 5.32 Å². The molecule has 0 saturated carbocycles. The molecule has 0 radical (unpaired) electrons. The highest BCUT2D eigenvalue weighted by atomic mass is 79.9. The largest absolute Gasteiger partial charge is 0.496 e. The van der Waals surface area contributed by atoms with Crippen LogP contribution in [0.3, 0.4) is 0 Å². The van der Waals surface area contributed by atoms with Gasteiger partial charge in [0.05, 0.1) is 7.11 Å². The highest BCUT2D eigenvalue weighted by molar-refractivity contribution is 9.10. The van der Waals surface area contributed by atoms with Gasteiger partial charge in [0.2, 0.25) is 0 Å². The summed E-state index contributed by atoms with van der Waals surface area (Å²) in [4.78, 5) is 11.5. The van der Waals surface area contributed by atoms with E-state index in [0.717, 1.165) is 15.8 Å². The molecule has 0 atom stereocenters. The van der Waals surface area contributed by atoms with Gasteiger partial charge in [0.1, 0.15) is 11.4 Å². The average molecular weight is 330 g/mol. The molecule has 19 heavy (non-hydrogen) atoms. The molecule has 1 aromatic carbocycles. The van der Waals surface area contributed by atoms with Crippen LogP contribution in [0.1, 0.15) is 26.3 Å². The molecule has 0 spiro atoms. The summed E-state index contributed by atoms with van der Waals surface area (Å²) < 4.78 is 11.4. The van der Waals surface area contributed by atoms with Gasteiger partial charge in [-0.2, -0.15) is 0 Å². The fourth-order valence-corrected chi connectivity index (χ4v) is 1.96. The Hall–Kier alpha value is -1.23. The molecular formula is C14H20BrNO3. The van der Waals surface area contributed by atoms with Gasteiger partial charge < -0.3 is 14.8 Å². The van der Waals surface area contributed by atoms with Gasteiger partial charge in [-0.3, -0.25) is 0 Å². The summed E-state index contributed by atoms with van der Waals surface area (Å²) in [6.45, 7) is 6.01. The van der Waals surface area contributed by atoms with Crippen molar-refractivity contribution in [3.05, 3.63) is 28.2 Å². The van der Waals surface area contributed by atoms with Gasteiger partial charge in [0.15, 0.2) is 0 Å². The molecular weight excluding hydrogens is 310 g/mol. The molecule has 0 saturated heterocycles. The maximum absolute atomic E-state index is 11.5. The van der Waals surface area contributed by atoms with Crippen LogP contribution in [-0.2, 0) is 11.2 Å². The van der Waals surface area contributed by atoms with Crippen LogP contribution < -0.4 is 10.1 Å². The summed E-state index contributed by atoms with van der Waals surface area (Å²) in [5.41, 5.74) is 0.560. The van der Waals surface area contributed by atoms with Crippen LogP contribution in [-0.4, -0.2) is 25.3 Å². The average Bonchev–Trinajstić information content (AvgIpc) is 2.27. The minimum absolute atomic E-state index is 0.401. The maximum atomic E-state index is 11.5. The lowest BCUT2D eigenvalue weighted by atomic mass is 10.1. The molecule has 0 aliphatic carbocycles. The number of ether oxygens (including phenoxy) is 2. The van der Waals surface area contributed by atoms with E-state index in [2.05, 4.69) is 21.2 Å². The molecule has 106 valence electrons. The highest BCUT2D eigenvalue weighted by Gasteiger charge is 2.15. The van der Waals surface area contributed by atoms with E-state index in [-0.39, 0.29) is 0 Å². The van der Waals surface area contributed by atoms with Crippen LogP contribution in [0.25, 0.3) is 0 Å². The molecule has 0 aliphatic heterocycles. The predicted molar refractivity (Wildman–Crippen MR) is 78.6 cm³/mol. The van der Waals surface area contributed by atoms with Gasteiger partial charge in [0, 0.05) is 11.0 Å². The maximum Gasteiger partial charge on any atom is 0.407 e. The van der Waals surface area contributed by atoms with Crippen LogP contribution >= 0.6 is 15.9 Å². The topological polar surface area (TPSA) is 47.6 Å². The number of amides is 1. The number of carbonyl (C=O) groups is 1. The molecule has 0 unspecified atom stereocenters. The lowest BCUT2D eigenvalue weighted by Crippen LogP contribution is -2.33. The second kappa shape index (κ2) is 6.80. The summed E-state index contributed by atoms with van der Waals surface area (Å²) in [7, 11) is 1.63. The van der Waals surface area contributed by atoms with Crippen LogP contribution in [0.2, 0.25) is 0 Å². The molecule has 1 rings (SSSR count). The first-order valence-electron chi connectivity index (χ1n) is 6.11. The number of carbonyl (C=O) groups excluding carboxylic acids is 1. The van der Waals surface area contributed by atoms with Gasteiger partial charge in [-0.1, -0.05) is 15.9 Å². The van der Waals surface area contributed by atoms with Crippen molar-refractivity contribution in [2.24, 2.45) is 0 Å². The smallest absolute Gasteiger partial charge is 0.407 e. The van der Waals surface area contributed by atoms with Crippen LogP contribution in [0.15, 0.2) is 22.7 Å². The van der Waals surface area contributed by atoms with Crippen molar-refractivity contribution in [1.29, 1.82) is 0 Å². The second-order valence-corrected chi connectivity index (χ2v) is 6.05. The van der Waals surface area contributed by atoms with E-state index >= 15 is 0 Å². The Bertz CT molecular complexity index is 441. The Balaban J connectivity index is 2.49. The van der Waals surface area contributed by atoms with Crippen molar-refractivity contribution in [2.75, 3.05) is 13.7 Å². The zero-order valence-corrected chi connectivity index (χ0v) is 13.3. The quantitative estimate of drug-likeness (QED) is 0.919. The van der Waals surface area contributed by atoms with Crippen molar-refractivity contribution in [2.45, 2.75) is 32.8 Å². The van der Waals surface area contributed by atoms with E-state index in [0.29, 0.717) is 13.0 Å². The van der Waals surface area contributed by atoms with Gasteiger partial charge >= 0.3 is 6.09 Å². The fourth-order valence-electron chi connectivity index (χ4n) is 1.56. The summed E-state index contributed by atoms with van der Waals surface area (Å²) in [6.07, 6.45) is 0.281. The first-order valence-corrected chi connectivity index (χ1v) is 6.90. The molecule has 1 amide bonds. The Kier molecular flexibility index (Phi) is 5.66. The molecule has 5 heteroatoms. The zero-order valence-electron chi connectivity index (χ0n) is 11.7. The van der Waals surface area contributed by atoms with Gasteiger partial charge in [-0.25, -0.2) is 4.79 Å². The fraction of sp³-hybridized carbons (Fsp3) is 0.500. The number of nitrogens with one attached hydrogen (secondary N) is 1. The lowest BCUT2D eigenvalue weighted by molar-refractivity contribution is 0.0528. The van der Waals surface area contributed by atoms with Gasteiger partial charge in [0.25, 0.3) is 0 Å². The lowest BCUT2D eigenvalue weighted by Gasteiger charge is -2.19. The summed E-state index contributed by atoms with van der Waals surface area (Å²) in [5.74, 6) is 0.814. The van der Waals surface area contributed by atoms with Crippen molar-refractivity contribution < 1.29 is 14.3 Å². The van der Waals surface area contributed by atoms with E-state index in [9.17, 15) is 4.79 Å². The molecule has 0 aromatic heterocycles. The normalized spacial score (nSPS) is 11.0. The third-order valence-corrected chi connectivity index (χ3v) is 2.80. The van der Waals surface area contributed by atoms with Crippen LogP contribution in [0.4, 0.5) is 4.79 Å². The molecule has 0 heterocycles. The summed E-state index contributed by atoms with van der Waals surface area (Å²) in [5, 5.41) is 2.73. The number of methoxy groups -OCH3 is 1. The Labute approximate surface area is 122 Å². The zero-order chi connectivity index (χ0) is 14.5. The van der Waals surface area contributed by atoms with E-state index in [1.54, 1.807) is 7.11 Å².